The molecule has 0 atom stereocenters. The summed E-state index contributed by atoms with van der Waals surface area (Å²) in [7, 11) is 0. The van der Waals surface area contributed by atoms with Crippen LogP contribution in [-0.4, -0.2) is 41.0 Å². The summed E-state index contributed by atoms with van der Waals surface area (Å²) in [5.41, 5.74) is 7.68. The standard InChI is InChI=1S/C17H25N3O3S/c1-4-23-17(22)13-5-7-19(8-6-13)10-20-12(3)9-11(2)14(15(18)21)16(20)24/h9,13H,4-8,10H2,1-3H3,(H2,18,21). The first-order valence-electron chi connectivity index (χ1n) is 8.25. The molecule has 1 fully saturated rings. The van der Waals surface area contributed by atoms with Crippen molar-refractivity contribution in [2.45, 2.75) is 40.3 Å². The van der Waals surface area contributed by atoms with E-state index in [0.29, 0.717) is 23.5 Å². The third-order valence-corrected chi connectivity index (χ3v) is 4.92. The highest BCUT2D eigenvalue weighted by atomic mass is 32.1. The number of ether oxygens (including phenoxy) is 1. The minimum Gasteiger partial charge on any atom is -0.466 e. The average molecular weight is 351 g/mol. The predicted molar refractivity (Wildman–Crippen MR) is 94.2 cm³/mol. The summed E-state index contributed by atoms with van der Waals surface area (Å²) in [6.07, 6.45) is 1.56. The Morgan fingerprint density at radius 1 is 1.33 bits per heavy atom. The normalized spacial score (nSPS) is 16.1. The molecule has 1 aliphatic heterocycles. The fraction of sp³-hybridized carbons (Fsp3) is 0.588. The van der Waals surface area contributed by atoms with Crippen molar-refractivity contribution in [3.63, 3.8) is 0 Å². The maximum atomic E-state index is 11.8. The summed E-state index contributed by atoms with van der Waals surface area (Å²) in [5.74, 6) is -0.613. The Morgan fingerprint density at radius 2 is 1.96 bits per heavy atom. The van der Waals surface area contributed by atoms with Gasteiger partial charge in [0.2, 0.25) is 0 Å². The first-order valence-corrected chi connectivity index (χ1v) is 8.65. The number of pyridine rings is 1. The maximum absolute atomic E-state index is 11.8. The monoisotopic (exact) mass is 351 g/mol. The molecule has 0 saturated carbocycles. The lowest BCUT2D eigenvalue weighted by molar-refractivity contribution is -0.149. The molecule has 1 aromatic rings. The van der Waals surface area contributed by atoms with Gasteiger partial charge >= 0.3 is 5.97 Å². The van der Waals surface area contributed by atoms with Crippen LogP contribution < -0.4 is 5.73 Å². The van der Waals surface area contributed by atoms with E-state index in [9.17, 15) is 9.59 Å². The molecule has 1 aliphatic rings. The molecule has 0 aliphatic carbocycles. The van der Waals surface area contributed by atoms with Crippen LogP contribution in [-0.2, 0) is 16.2 Å². The predicted octanol–water partition coefficient (Wildman–Crippen LogP) is 2.17. The number of rotatable bonds is 5. The number of carbonyl (C=O) groups excluding carboxylic acids is 2. The summed E-state index contributed by atoms with van der Waals surface area (Å²) in [5, 5.41) is 0. The van der Waals surface area contributed by atoms with Crippen LogP contribution in [0, 0.1) is 24.4 Å². The van der Waals surface area contributed by atoms with Gasteiger partial charge in [0, 0.05) is 18.8 Å². The molecule has 6 nitrogen and oxygen atoms in total. The minimum atomic E-state index is -0.493. The number of esters is 1. The Bertz CT molecular complexity index is 691. The summed E-state index contributed by atoms with van der Waals surface area (Å²) >= 11 is 5.47. The number of piperidine rings is 1. The number of hydrogen-bond acceptors (Lipinski definition) is 5. The second-order valence-corrected chi connectivity index (χ2v) is 6.61. The Balaban J connectivity index is 2.11. The van der Waals surface area contributed by atoms with Crippen molar-refractivity contribution >= 4 is 24.1 Å². The van der Waals surface area contributed by atoms with Crippen LogP contribution in [0.2, 0.25) is 0 Å². The number of aromatic nitrogens is 1. The number of amides is 1. The second kappa shape index (κ2) is 7.90. The van der Waals surface area contributed by atoms with Crippen molar-refractivity contribution in [1.82, 2.24) is 9.47 Å². The second-order valence-electron chi connectivity index (χ2n) is 6.23. The third kappa shape index (κ3) is 4.02. The van der Waals surface area contributed by atoms with Gasteiger partial charge in [0.05, 0.1) is 24.8 Å². The molecule has 0 radical (unpaired) electrons. The van der Waals surface area contributed by atoms with Crippen molar-refractivity contribution in [3.8, 4) is 0 Å². The van der Waals surface area contributed by atoms with Crippen molar-refractivity contribution in [1.29, 1.82) is 0 Å². The lowest BCUT2D eigenvalue weighted by Crippen LogP contribution is -2.38. The van der Waals surface area contributed by atoms with E-state index in [1.54, 1.807) is 0 Å². The van der Waals surface area contributed by atoms with E-state index in [4.69, 9.17) is 22.7 Å². The SMILES string of the molecule is CCOC(=O)C1CCN(Cn2c(C)cc(C)c(C(N)=O)c2=S)CC1. The van der Waals surface area contributed by atoms with E-state index in [2.05, 4.69) is 4.90 Å². The maximum Gasteiger partial charge on any atom is 0.309 e. The smallest absolute Gasteiger partial charge is 0.309 e. The number of likely N-dealkylation sites (tertiary alicyclic amines) is 1. The molecule has 0 bridgehead atoms. The van der Waals surface area contributed by atoms with E-state index in [-0.39, 0.29) is 11.9 Å². The van der Waals surface area contributed by atoms with Crippen molar-refractivity contribution < 1.29 is 14.3 Å². The summed E-state index contributed by atoms with van der Waals surface area (Å²) < 4.78 is 7.51. The highest BCUT2D eigenvalue weighted by Crippen LogP contribution is 2.21. The number of nitrogens with two attached hydrogens (primary N) is 1. The topological polar surface area (TPSA) is 77.6 Å². The van der Waals surface area contributed by atoms with Gasteiger partial charge in [-0.3, -0.25) is 14.5 Å². The van der Waals surface area contributed by atoms with Gasteiger partial charge in [-0.25, -0.2) is 0 Å². The molecule has 7 heteroatoms. The van der Waals surface area contributed by atoms with Crippen LogP contribution in [0.25, 0.3) is 0 Å². The van der Waals surface area contributed by atoms with Gasteiger partial charge in [-0.15, -0.1) is 0 Å². The van der Waals surface area contributed by atoms with Crippen LogP contribution in [0.4, 0.5) is 0 Å². The van der Waals surface area contributed by atoms with Crippen LogP contribution in [0.3, 0.4) is 0 Å². The van der Waals surface area contributed by atoms with Gasteiger partial charge in [-0.1, -0.05) is 12.2 Å². The Labute approximate surface area is 147 Å². The molecule has 0 aromatic carbocycles. The highest BCUT2D eigenvalue weighted by molar-refractivity contribution is 7.71. The number of aryl methyl sites for hydroxylation is 2. The van der Waals surface area contributed by atoms with Gasteiger partial charge in [0.15, 0.2) is 0 Å². The minimum absolute atomic E-state index is 0.0190. The molecule has 24 heavy (non-hydrogen) atoms. The molecule has 2 rings (SSSR count). The molecule has 0 spiro atoms. The van der Waals surface area contributed by atoms with Crippen LogP contribution in [0.5, 0.6) is 0 Å². The van der Waals surface area contributed by atoms with Crippen LogP contribution in [0.1, 0.15) is 41.4 Å². The fourth-order valence-electron chi connectivity index (χ4n) is 3.17. The molecule has 2 N–H and O–H groups in total. The zero-order valence-corrected chi connectivity index (χ0v) is 15.3. The van der Waals surface area contributed by atoms with E-state index >= 15 is 0 Å². The molecule has 0 unspecified atom stereocenters. The quantitative estimate of drug-likeness (QED) is 0.650. The molecular weight excluding hydrogens is 326 g/mol. The van der Waals surface area contributed by atoms with Crippen molar-refractivity contribution in [3.05, 3.63) is 27.5 Å². The van der Waals surface area contributed by atoms with Crippen molar-refractivity contribution in [2.24, 2.45) is 11.7 Å². The fourth-order valence-corrected chi connectivity index (χ4v) is 3.64. The third-order valence-electron chi connectivity index (χ3n) is 4.50. The van der Waals surface area contributed by atoms with E-state index in [1.165, 1.54) is 0 Å². The van der Waals surface area contributed by atoms with E-state index in [1.807, 2.05) is 31.4 Å². The summed E-state index contributed by atoms with van der Waals surface area (Å²) in [4.78, 5) is 25.7. The zero-order chi connectivity index (χ0) is 17.9. The molecule has 132 valence electrons. The molecule has 2 heterocycles. The number of nitrogens with zero attached hydrogens (tertiary/aromatic N) is 2. The van der Waals surface area contributed by atoms with Crippen LogP contribution >= 0.6 is 12.2 Å². The molecular formula is C17H25N3O3S. The molecule has 1 aromatic heterocycles. The molecule has 1 saturated heterocycles. The van der Waals surface area contributed by atoms with Gasteiger partial charge in [-0.05, 0) is 45.2 Å². The average Bonchev–Trinajstić information content (AvgIpc) is 2.51. The van der Waals surface area contributed by atoms with Crippen LogP contribution in [0.15, 0.2) is 6.07 Å². The van der Waals surface area contributed by atoms with Crippen molar-refractivity contribution in [2.75, 3.05) is 19.7 Å². The largest absolute Gasteiger partial charge is 0.466 e. The lowest BCUT2D eigenvalue weighted by atomic mass is 9.97. The first kappa shape index (κ1) is 18.6. The molecule has 1 amide bonds. The number of primary amides is 1. The Kier molecular flexibility index (Phi) is 6.12. The first-order chi connectivity index (χ1) is 11.3. The van der Waals surface area contributed by atoms with E-state index < -0.39 is 5.91 Å². The summed E-state index contributed by atoms with van der Waals surface area (Å²) in [6, 6.07) is 1.93. The number of hydrogen-bond donors (Lipinski definition) is 1. The summed E-state index contributed by atoms with van der Waals surface area (Å²) in [6.45, 7) is 8.25. The van der Waals surface area contributed by atoms with Gasteiger partial charge in [0.25, 0.3) is 5.91 Å². The van der Waals surface area contributed by atoms with Gasteiger partial charge < -0.3 is 15.0 Å². The Morgan fingerprint density at radius 3 is 2.50 bits per heavy atom. The lowest BCUT2D eigenvalue weighted by Gasteiger charge is -2.32. The zero-order valence-electron chi connectivity index (χ0n) is 14.5. The number of carbonyl (C=O) groups is 2. The Hall–Kier alpha value is -1.73. The van der Waals surface area contributed by atoms with E-state index in [0.717, 1.165) is 37.2 Å². The highest BCUT2D eigenvalue weighted by Gasteiger charge is 2.26. The van der Waals surface area contributed by atoms with Gasteiger partial charge in [-0.2, -0.15) is 0 Å². The van der Waals surface area contributed by atoms with Gasteiger partial charge in [0.1, 0.15) is 4.64 Å².